The summed E-state index contributed by atoms with van der Waals surface area (Å²) in [5.41, 5.74) is -0.368. The summed E-state index contributed by atoms with van der Waals surface area (Å²) in [6.45, 7) is 3.89. The summed E-state index contributed by atoms with van der Waals surface area (Å²) < 4.78 is 27.0. The first-order valence-electron chi connectivity index (χ1n) is 4.55. The van der Waals surface area contributed by atoms with Gasteiger partial charge < -0.3 is 0 Å². The van der Waals surface area contributed by atoms with Gasteiger partial charge in [-0.2, -0.15) is 17.4 Å². The van der Waals surface area contributed by atoms with Gasteiger partial charge >= 0.3 is 0 Å². The van der Waals surface area contributed by atoms with E-state index in [-0.39, 0.29) is 5.54 Å². The molecule has 0 bridgehead atoms. The third kappa shape index (κ3) is 4.25. The van der Waals surface area contributed by atoms with Gasteiger partial charge in [-0.15, -0.1) is 0 Å². The van der Waals surface area contributed by atoms with Crippen LogP contribution >= 0.6 is 15.9 Å². The van der Waals surface area contributed by atoms with Crippen LogP contribution in [0.25, 0.3) is 0 Å². The molecule has 0 aromatic rings. The number of hydrogen-bond acceptors (Lipinski definition) is 2. The van der Waals surface area contributed by atoms with Crippen molar-refractivity contribution in [1.29, 1.82) is 0 Å². The first-order valence-corrected chi connectivity index (χ1v) is 7.11. The van der Waals surface area contributed by atoms with E-state index in [2.05, 4.69) is 20.7 Å². The van der Waals surface area contributed by atoms with Crippen LogP contribution in [0.3, 0.4) is 0 Å². The van der Waals surface area contributed by atoms with Gasteiger partial charge in [0.15, 0.2) is 0 Å². The Morgan fingerprint density at radius 3 is 2.21 bits per heavy atom. The van der Waals surface area contributed by atoms with Crippen LogP contribution in [-0.4, -0.2) is 37.7 Å². The summed E-state index contributed by atoms with van der Waals surface area (Å²) in [6, 6.07) is 0. The Hall–Kier alpha value is 0.350. The summed E-state index contributed by atoms with van der Waals surface area (Å²) in [7, 11) is -0.287. The number of halogens is 1. The molecule has 0 aliphatic heterocycles. The molecule has 0 aromatic carbocycles. The van der Waals surface area contributed by atoms with Gasteiger partial charge in [0, 0.05) is 25.0 Å². The second kappa shape index (κ2) is 5.44. The van der Waals surface area contributed by atoms with Crippen molar-refractivity contribution in [3.05, 3.63) is 0 Å². The minimum Gasteiger partial charge on any atom is -0.196 e. The standard InChI is InChI=1S/C8H19BrN2O2S/c1-5-8(2,6-7-9)10-14(12,13)11(3)4/h10H,5-7H2,1-4H3. The van der Waals surface area contributed by atoms with Crippen molar-refractivity contribution in [3.8, 4) is 0 Å². The molecule has 0 heterocycles. The van der Waals surface area contributed by atoms with Crippen molar-refractivity contribution in [1.82, 2.24) is 9.03 Å². The Morgan fingerprint density at radius 1 is 1.43 bits per heavy atom. The lowest BCUT2D eigenvalue weighted by molar-refractivity contribution is 0.377. The van der Waals surface area contributed by atoms with Crippen molar-refractivity contribution in [2.75, 3.05) is 19.4 Å². The smallest absolute Gasteiger partial charge is 0.196 e. The molecule has 14 heavy (non-hydrogen) atoms. The molecule has 0 aromatic heterocycles. The van der Waals surface area contributed by atoms with Crippen LogP contribution in [-0.2, 0) is 10.2 Å². The molecule has 1 unspecified atom stereocenters. The number of nitrogens with zero attached hydrogens (tertiary/aromatic N) is 1. The van der Waals surface area contributed by atoms with E-state index in [9.17, 15) is 8.42 Å². The zero-order chi connectivity index (χ0) is 11.4. The summed E-state index contributed by atoms with van der Waals surface area (Å²) >= 11 is 3.32. The predicted molar refractivity (Wildman–Crippen MR) is 62.8 cm³/mol. The molecule has 86 valence electrons. The second-order valence-electron chi connectivity index (χ2n) is 3.74. The molecule has 0 fully saturated rings. The molecule has 0 aliphatic carbocycles. The van der Waals surface area contributed by atoms with Crippen LogP contribution in [0.1, 0.15) is 26.7 Å². The molecule has 4 nitrogen and oxygen atoms in total. The molecule has 1 N–H and O–H groups in total. The molecule has 0 spiro atoms. The van der Waals surface area contributed by atoms with Crippen molar-refractivity contribution in [2.45, 2.75) is 32.2 Å². The van der Waals surface area contributed by atoms with Gasteiger partial charge in [-0.1, -0.05) is 22.9 Å². The molecule has 1 atom stereocenters. The molecule has 0 radical (unpaired) electrons. The zero-order valence-electron chi connectivity index (χ0n) is 9.17. The van der Waals surface area contributed by atoms with Gasteiger partial charge in [0.25, 0.3) is 10.2 Å². The maximum atomic E-state index is 11.6. The molecular formula is C8H19BrN2O2S. The third-order valence-corrected chi connectivity index (χ3v) is 4.39. The Labute approximate surface area is 95.4 Å². The topological polar surface area (TPSA) is 49.4 Å². The van der Waals surface area contributed by atoms with E-state index in [1.807, 2.05) is 13.8 Å². The van der Waals surface area contributed by atoms with Crippen LogP contribution in [0.15, 0.2) is 0 Å². The fraction of sp³-hybridized carbons (Fsp3) is 1.00. The number of hydrogen-bond donors (Lipinski definition) is 1. The van der Waals surface area contributed by atoms with E-state index in [1.54, 1.807) is 0 Å². The molecule has 0 saturated heterocycles. The Kier molecular flexibility index (Phi) is 5.57. The Morgan fingerprint density at radius 2 is 1.93 bits per heavy atom. The fourth-order valence-corrected chi connectivity index (χ4v) is 2.84. The lowest BCUT2D eigenvalue weighted by Crippen LogP contribution is -2.50. The molecule has 6 heteroatoms. The van der Waals surface area contributed by atoms with Crippen LogP contribution < -0.4 is 4.72 Å². The first-order chi connectivity index (χ1) is 6.27. The lowest BCUT2D eigenvalue weighted by atomic mass is 9.98. The van der Waals surface area contributed by atoms with E-state index in [0.717, 1.165) is 18.2 Å². The van der Waals surface area contributed by atoms with Crippen molar-refractivity contribution >= 4 is 26.1 Å². The molecule has 0 saturated carbocycles. The van der Waals surface area contributed by atoms with Crippen LogP contribution in [0, 0.1) is 0 Å². The minimum absolute atomic E-state index is 0.368. The highest BCUT2D eigenvalue weighted by atomic mass is 79.9. The van der Waals surface area contributed by atoms with E-state index in [1.165, 1.54) is 18.4 Å². The van der Waals surface area contributed by atoms with Crippen molar-refractivity contribution < 1.29 is 8.42 Å². The molecule has 0 rings (SSSR count). The number of rotatable bonds is 6. The average molecular weight is 287 g/mol. The van der Waals surface area contributed by atoms with Gasteiger partial charge in [-0.3, -0.25) is 0 Å². The maximum Gasteiger partial charge on any atom is 0.279 e. The lowest BCUT2D eigenvalue weighted by Gasteiger charge is -2.30. The number of nitrogens with one attached hydrogen (secondary N) is 1. The van der Waals surface area contributed by atoms with Gasteiger partial charge in [-0.25, -0.2) is 0 Å². The van der Waals surface area contributed by atoms with Crippen molar-refractivity contribution in [2.24, 2.45) is 0 Å². The predicted octanol–water partition coefficient (Wildman–Crippen LogP) is 1.34. The van der Waals surface area contributed by atoms with Crippen LogP contribution in [0.4, 0.5) is 0 Å². The first kappa shape index (κ1) is 14.3. The molecular weight excluding hydrogens is 268 g/mol. The summed E-state index contributed by atoms with van der Waals surface area (Å²) in [5, 5.41) is 0.785. The summed E-state index contributed by atoms with van der Waals surface area (Å²) in [5.74, 6) is 0. The molecule has 0 amide bonds. The maximum absolute atomic E-state index is 11.6. The SMILES string of the molecule is CCC(C)(CCBr)NS(=O)(=O)N(C)C. The number of alkyl halides is 1. The fourth-order valence-electron chi connectivity index (χ4n) is 0.911. The van der Waals surface area contributed by atoms with Crippen LogP contribution in [0.2, 0.25) is 0 Å². The largest absolute Gasteiger partial charge is 0.279 e. The van der Waals surface area contributed by atoms with Crippen molar-refractivity contribution in [3.63, 3.8) is 0 Å². The van der Waals surface area contributed by atoms with Gasteiger partial charge in [0.1, 0.15) is 0 Å². The van der Waals surface area contributed by atoms with E-state index in [4.69, 9.17) is 0 Å². The highest BCUT2D eigenvalue weighted by Crippen LogP contribution is 2.17. The van der Waals surface area contributed by atoms with Gasteiger partial charge in [0.2, 0.25) is 0 Å². The van der Waals surface area contributed by atoms with E-state index < -0.39 is 10.2 Å². The van der Waals surface area contributed by atoms with E-state index in [0.29, 0.717) is 0 Å². The third-order valence-electron chi connectivity index (χ3n) is 2.28. The monoisotopic (exact) mass is 286 g/mol. The second-order valence-corrected chi connectivity index (χ2v) is 6.42. The molecule has 0 aliphatic rings. The van der Waals surface area contributed by atoms with E-state index >= 15 is 0 Å². The highest BCUT2D eigenvalue weighted by molar-refractivity contribution is 9.09. The van der Waals surface area contributed by atoms with Gasteiger partial charge in [0.05, 0.1) is 0 Å². The summed E-state index contributed by atoms with van der Waals surface area (Å²) in [4.78, 5) is 0. The Bertz CT molecular complexity index is 267. The quantitative estimate of drug-likeness (QED) is 0.749. The normalized spacial score (nSPS) is 17.0. The van der Waals surface area contributed by atoms with Gasteiger partial charge in [-0.05, 0) is 19.8 Å². The minimum atomic E-state index is -3.33. The summed E-state index contributed by atoms with van der Waals surface area (Å²) in [6.07, 6.45) is 1.54. The average Bonchev–Trinajstić information content (AvgIpc) is 2.03. The zero-order valence-corrected chi connectivity index (χ0v) is 11.6. The Balaban J connectivity index is 4.62. The highest BCUT2D eigenvalue weighted by Gasteiger charge is 2.28. The van der Waals surface area contributed by atoms with Crippen LogP contribution in [0.5, 0.6) is 0 Å².